The predicted octanol–water partition coefficient (Wildman–Crippen LogP) is 6.06. The summed E-state index contributed by atoms with van der Waals surface area (Å²) in [5, 5.41) is 9.74. The van der Waals surface area contributed by atoms with Gasteiger partial charge in [-0.15, -0.1) is 0 Å². The molecule has 110 valence electrons. The van der Waals surface area contributed by atoms with Gasteiger partial charge >= 0.3 is 0 Å². The highest BCUT2D eigenvalue weighted by atomic mass is 79.9. The monoisotopic (exact) mass is 390 g/mol. The fourth-order valence-corrected chi connectivity index (χ4v) is 3.14. The van der Waals surface area contributed by atoms with Gasteiger partial charge in [0.15, 0.2) is 5.11 Å². The van der Waals surface area contributed by atoms with E-state index in [1.54, 1.807) is 0 Å². The first-order valence-corrected chi connectivity index (χ1v) is 8.22. The van der Waals surface area contributed by atoms with E-state index in [1.807, 2.05) is 42.5 Å². The average Bonchev–Trinajstić information content (AvgIpc) is 2.50. The van der Waals surface area contributed by atoms with Crippen molar-refractivity contribution in [1.82, 2.24) is 0 Å². The first kappa shape index (κ1) is 15.3. The maximum Gasteiger partial charge on any atom is 0.175 e. The van der Waals surface area contributed by atoms with E-state index < -0.39 is 0 Å². The summed E-state index contributed by atoms with van der Waals surface area (Å²) in [4.78, 5) is 0. The Morgan fingerprint density at radius 3 is 2.45 bits per heavy atom. The lowest BCUT2D eigenvalue weighted by Crippen LogP contribution is -2.19. The molecule has 5 heteroatoms. The molecular formula is C17H12BrClN2S. The van der Waals surface area contributed by atoms with Gasteiger partial charge in [0.1, 0.15) is 0 Å². The molecule has 0 aliphatic carbocycles. The molecule has 3 aromatic carbocycles. The van der Waals surface area contributed by atoms with Crippen molar-refractivity contribution in [3.63, 3.8) is 0 Å². The summed E-state index contributed by atoms with van der Waals surface area (Å²) in [5.74, 6) is 0. The van der Waals surface area contributed by atoms with Gasteiger partial charge in [-0.3, -0.25) is 0 Å². The molecule has 2 N–H and O–H groups in total. The summed E-state index contributed by atoms with van der Waals surface area (Å²) in [5.41, 5.74) is 1.73. The van der Waals surface area contributed by atoms with Gasteiger partial charge in [-0.25, -0.2) is 0 Å². The van der Waals surface area contributed by atoms with Crippen LogP contribution in [0.2, 0.25) is 5.02 Å². The van der Waals surface area contributed by atoms with Gasteiger partial charge in [0.2, 0.25) is 0 Å². The van der Waals surface area contributed by atoms with Crippen molar-refractivity contribution in [3.8, 4) is 0 Å². The summed E-state index contributed by atoms with van der Waals surface area (Å²) >= 11 is 15.0. The molecule has 0 amide bonds. The number of fused-ring (bicyclic) bond motifs is 1. The third-order valence-corrected chi connectivity index (χ3v) is 4.23. The van der Waals surface area contributed by atoms with Crippen molar-refractivity contribution in [2.24, 2.45) is 0 Å². The highest BCUT2D eigenvalue weighted by Crippen LogP contribution is 2.27. The van der Waals surface area contributed by atoms with Crippen molar-refractivity contribution in [3.05, 3.63) is 70.2 Å². The molecule has 0 aliphatic rings. The van der Waals surface area contributed by atoms with E-state index in [0.717, 1.165) is 26.6 Å². The topological polar surface area (TPSA) is 24.1 Å². The summed E-state index contributed by atoms with van der Waals surface area (Å²) in [6, 6.07) is 19.8. The number of benzene rings is 3. The molecular weight excluding hydrogens is 380 g/mol. The number of nitrogens with one attached hydrogen (secondary N) is 2. The molecule has 3 aromatic rings. The van der Waals surface area contributed by atoms with Crippen LogP contribution >= 0.6 is 39.7 Å². The Kier molecular flexibility index (Phi) is 4.62. The van der Waals surface area contributed by atoms with Crippen molar-refractivity contribution >= 4 is 67.0 Å². The Morgan fingerprint density at radius 1 is 0.909 bits per heavy atom. The zero-order valence-corrected chi connectivity index (χ0v) is 14.6. The number of halogens is 2. The summed E-state index contributed by atoms with van der Waals surface area (Å²) in [6.07, 6.45) is 0. The number of hydrogen-bond donors (Lipinski definition) is 2. The molecule has 0 fully saturated rings. The van der Waals surface area contributed by atoms with E-state index >= 15 is 0 Å². The van der Waals surface area contributed by atoms with Crippen LogP contribution in [0.15, 0.2) is 65.1 Å². The molecule has 0 atom stereocenters. The van der Waals surface area contributed by atoms with Crippen LogP contribution in [0.5, 0.6) is 0 Å². The largest absolute Gasteiger partial charge is 0.332 e. The number of thiocarbonyl (C=S) groups is 1. The SMILES string of the molecule is S=C(Nc1ccc(Br)cc1Cl)Nc1cccc2ccccc12. The Bertz CT molecular complexity index is 846. The summed E-state index contributed by atoms with van der Waals surface area (Å²) in [7, 11) is 0. The minimum absolute atomic E-state index is 0.501. The predicted molar refractivity (Wildman–Crippen MR) is 103 cm³/mol. The number of hydrogen-bond acceptors (Lipinski definition) is 1. The van der Waals surface area contributed by atoms with Crippen LogP contribution < -0.4 is 10.6 Å². The van der Waals surface area contributed by atoms with Gasteiger partial charge in [-0.2, -0.15) is 0 Å². The maximum absolute atomic E-state index is 6.19. The molecule has 0 heterocycles. The second-order valence-electron chi connectivity index (χ2n) is 4.73. The van der Waals surface area contributed by atoms with Crippen molar-refractivity contribution in [2.75, 3.05) is 10.6 Å². The highest BCUT2D eigenvalue weighted by Gasteiger charge is 2.05. The highest BCUT2D eigenvalue weighted by molar-refractivity contribution is 9.10. The zero-order valence-electron chi connectivity index (χ0n) is 11.4. The fourth-order valence-electron chi connectivity index (χ4n) is 2.20. The number of anilines is 2. The van der Waals surface area contributed by atoms with Crippen LogP contribution in [0.4, 0.5) is 11.4 Å². The van der Waals surface area contributed by atoms with Crippen LogP contribution in [0, 0.1) is 0 Å². The zero-order chi connectivity index (χ0) is 15.5. The van der Waals surface area contributed by atoms with Crippen LogP contribution in [0.3, 0.4) is 0 Å². The van der Waals surface area contributed by atoms with Crippen LogP contribution in [-0.2, 0) is 0 Å². The van der Waals surface area contributed by atoms with Crippen molar-refractivity contribution in [2.45, 2.75) is 0 Å². The van der Waals surface area contributed by atoms with E-state index in [9.17, 15) is 0 Å². The van der Waals surface area contributed by atoms with Crippen LogP contribution in [0.1, 0.15) is 0 Å². The molecule has 0 aromatic heterocycles. The van der Waals surface area contributed by atoms with Gasteiger partial charge < -0.3 is 10.6 Å². The Hall–Kier alpha value is -1.62. The first-order valence-electron chi connectivity index (χ1n) is 6.64. The molecule has 0 aliphatic heterocycles. The van der Waals surface area contributed by atoms with E-state index in [1.165, 1.54) is 0 Å². The van der Waals surface area contributed by atoms with Crippen LogP contribution in [0.25, 0.3) is 10.8 Å². The van der Waals surface area contributed by atoms with Crippen molar-refractivity contribution < 1.29 is 0 Å². The third kappa shape index (κ3) is 3.40. The minimum Gasteiger partial charge on any atom is -0.332 e. The Labute approximate surface area is 147 Å². The minimum atomic E-state index is 0.501. The molecule has 0 saturated carbocycles. The quantitative estimate of drug-likeness (QED) is 0.519. The molecule has 3 rings (SSSR count). The lowest BCUT2D eigenvalue weighted by atomic mass is 10.1. The lowest BCUT2D eigenvalue weighted by Gasteiger charge is -2.13. The van der Waals surface area contributed by atoms with Gasteiger partial charge in [0, 0.05) is 15.5 Å². The van der Waals surface area contributed by atoms with Crippen LogP contribution in [-0.4, -0.2) is 5.11 Å². The van der Waals surface area contributed by atoms with Gasteiger partial charge in [0.25, 0.3) is 0 Å². The van der Waals surface area contributed by atoms with Gasteiger partial charge in [-0.1, -0.05) is 63.9 Å². The summed E-state index contributed by atoms with van der Waals surface area (Å²) < 4.78 is 0.927. The summed E-state index contributed by atoms with van der Waals surface area (Å²) in [6.45, 7) is 0. The maximum atomic E-state index is 6.19. The van der Waals surface area contributed by atoms with Crippen molar-refractivity contribution in [1.29, 1.82) is 0 Å². The Balaban J connectivity index is 1.81. The molecule has 2 nitrogen and oxygen atoms in total. The molecule has 0 spiro atoms. The smallest absolute Gasteiger partial charge is 0.175 e. The average molecular weight is 392 g/mol. The Morgan fingerprint density at radius 2 is 1.64 bits per heavy atom. The fraction of sp³-hybridized carbons (Fsp3) is 0. The van der Waals surface area contributed by atoms with E-state index in [-0.39, 0.29) is 0 Å². The molecule has 22 heavy (non-hydrogen) atoms. The van der Waals surface area contributed by atoms with Gasteiger partial charge in [-0.05, 0) is 41.9 Å². The van der Waals surface area contributed by atoms with Gasteiger partial charge in [0.05, 0.1) is 10.7 Å². The molecule has 0 unspecified atom stereocenters. The number of rotatable bonds is 2. The standard InChI is InChI=1S/C17H12BrClN2S/c18-12-8-9-16(14(19)10-12)21-17(22)20-15-7-3-5-11-4-1-2-6-13(11)15/h1-10H,(H2,20,21,22). The van der Waals surface area contributed by atoms with E-state index in [4.69, 9.17) is 23.8 Å². The molecule has 0 radical (unpaired) electrons. The normalized spacial score (nSPS) is 10.5. The second-order valence-corrected chi connectivity index (χ2v) is 6.46. The van der Waals surface area contributed by atoms with E-state index in [0.29, 0.717) is 10.1 Å². The molecule has 0 saturated heterocycles. The molecule has 0 bridgehead atoms. The van der Waals surface area contributed by atoms with E-state index in [2.05, 4.69) is 44.8 Å². The second kappa shape index (κ2) is 6.65. The lowest BCUT2D eigenvalue weighted by molar-refractivity contribution is 1.59. The first-order chi connectivity index (χ1) is 10.6. The third-order valence-electron chi connectivity index (χ3n) is 3.22.